The first kappa shape index (κ1) is 19.0. The average Bonchev–Trinajstić information content (AvgIpc) is 3.07. The molecule has 0 saturated carbocycles. The van der Waals surface area contributed by atoms with Crippen molar-refractivity contribution in [2.75, 3.05) is 5.43 Å². The zero-order valence-electron chi connectivity index (χ0n) is 12.4. The summed E-state index contributed by atoms with van der Waals surface area (Å²) in [5.41, 5.74) is -2.79. The van der Waals surface area contributed by atoms with Gasteiger partial charge < -0.3 is 4.42 Å². The molecule has 0 aliphatic rings. The Bertz CT molecular complexity index is 844. The highest BCUT2D eigenvalue weighted by molar-refractivity contribution is 6.50. The number of nitrogens with one attached hydrogen (secondary N) is 1. The van der Waals surface area contributed by atoms with Crippen molar-refractivity contribution in [1.82, 2.24) is 0 Å². The molecule has 0 spiro atoms. The predicted molar refractivity (Wildman–Crippen MR) is 76.2 cm³/mol. The lowest BCUT2D eigenvalue weighted by Gasteiger charge is -2.13. The summed E-state index contributed by atoms with van der Waals surface area (Å²) in [5.74, 6) is -1.26. The van der Waals surface area contributed by atoms with E-state index in [1.807, 2.05) is 5.43 Å². The number of alkyl halides is 6. The first-order valence-electron chi connectivity index (χ1n) is 6.64. The third-order valence-electron chi connectivity index (χ3n) is 2.95. The molecule has 0 radical (unpaired) electrons. The third-order valence-corrected chi connectivity index (χ3v) is 2.95. The SMILES string of the molecule is N#C/C(=N\Nc1cc(C(F)(F)F)cc(C(F)(F)F)c1)C(=O)c1ccco1. The molecule has 2 rings (SSSR count). The van der Waals surface area contributed by atoms with Crippen LogP contribution in [0.15, 0.2) is 46.1 Å². The molecule has 0 bridgehead atoms. The van der Waals surface area contributed by atoms with Crippen LogP contribution in [0, 0.1) is 11.3 Å². The second-order valence-corrected chi connectivity index (χ2v) is 4.78. The van der Waals surface area contributed by atoms with Crippen LogP contribution in [0.25, 0.3) is 0 Å². The highest BCUT2D eigenvalue weighted by atomic mass is 19.4. The van der Waals surface area contributed by atoms with Crippen LogP contribution in [0.4, 0.5) is 32.0 Å². The number of carbonyl (C=O) groups excluding carboxylic acids is 1. The number of ketones is 1. The highest BCUT2D eigenvalue weighted by Gasteiger charge is 2.37. The van der Waals surface area contributed by atoms with Crippen molar-refractivity contribution in [3.63, 3.8) is 0 Å². The number of halogens is 6. The Hall–Kier alpha value is -3.29. The van der Waals surface area contributed by atoms with Crippen molar-refractivity contribution in [2.45, 2.75) is 12.4 Å². The summed E-state index contributed by atoms with van der Waals surface area (Å²) in [6.45, 7) is 0. The molecule has 1 heterocycles. The van der Waals surface area contributed by atoms with Gasteiger partial charge in [0.15, 0.2) is 5.76 Å². The second kappa shape index (κ2) is 6.91. The molecule has 11 heteroatoms. The van der Waals surface area contributed by atoms with Crippen molar-refractivity contribution >= 4 is 17.2 Å². The number of furan rings is 1. The van der Waals surface area contributed by atoms with Crippen LogP contribution < -0.4 is 5.43 Å². The number of hydrogen-bond acceptors (Lipinski definition) is 5. The smallest absolute Gasteiger partial charge is 0.416 e. The van der Waals surface area contributed by atoms with Gasteiger partial charge in [0.05, 0.1) is 23.1 Å². The van der Waals surface area contributed by atoms with Crippen LogP contribution in [0.1, 0.15) is 21.7 Å². The molecular weight excluding hydrogens is 368 g/mol. The molecule has 0 amide bonds. The maximum absolute atomic E-state index is 12.8. The quantitative estimate of drug-likeness (QED) is 0.370. The van der Waals surface area contributed by atoms with Crippen LogP contribution in [-0.4, -0.2) is 11.5 Å². The van der Waals surface area contributed by atoms with Gasteiger partial charge in [0.1, 0.15) is 6.07 Å². The van der Waals surface area contributed by atoms with Gasteiger partial charge in [-0.1, -0.05) is 0 Å². The summed E-state index contributed by atoms with van der Waals surface area (Å²) in [6, 6.07) is 4.61. The second-order valence-electron chi connectivity index (χ2n) is 4.78. The molecule has 0 saturated heterocycles. The number of hydrogen-bond donors (Lipinski definition) is 1. The third kappa shape index (κ3) is 4.41. The zero-order valence-corrected chi connectivity index (χ0v) is 12.4. The van der Waals surface area contributed by atoms with E-state index in [1.165, 1.54) is 18.2 Å². The number of carbonyl (C=O) groups is 1. The summed E-state index contributed by atoms with van der Waals surface area (Å²) in [5, 5.41) is 12.2. The Morgan fingerprint density at radius 3 is 2.08 bits per heavy atom. The summed E-state index contributed by atoms with van der Waals surface area (Å²) in [7, 11) is 0. The lowest BCUT2D eigenvalue weighted by Crippen LogP contribution is -2.14. The first-order valence-corrected chi connectivity index (χ1v) is 6.64. The Labute approximate surface area is 141 Å². The molecule has 0 atom stereocenters. The van der Waals surface area contributed by atoms with Crippen molar-refractivity contribution in [1.29, 1.82) is 5.26 Å². The lowest BCUT2D eigenvalue weighted by molar-refractivity contribution is -0.143. The van der Waals surface area contributed by atoms with E-state index in [2.05, 4.69) is 5.10 Å². The fraction of sp³-hybridized carbons (Fsp3) is 0.133. The maximum atomic E-state index is 12.8. The minimum atomic E-state index is -5.04. The summed E-state index contributed by atoms with van der Waals surface area (Å²) in [6.07, 6.45) is -8.94. The van der Waals surface area contributed by atoms with Gasteiger partial charge in [-0.25, -0.2) is 0 Å². The molecule has 0 fully saturated rings. The zero-order chi connectivity index (χ0) is 19.5. The van der Waals surface area contributed by atoms with E-state index < -0.39 is 40.7 Å². The van der Waals surface area contributed by atoms with Gasteiger partial charge in [-0.05, 0) is 30.3 Å². The molecule has 0 aliphatic carbocycles. The van der Waals surface area contributed by atoms with Crippen LogP contribution >= 0.6 is 0 Å². The highest BCUT2D eigenvalue weighted by Crippen LogP contribution is 2.37. The van der Waals surface area contributed by atoms with E-state index in [0.717, 1.165) is 6.26 Å². The van der Waals surface area contributed by atoms with Crippen LogP contribution in [0.2, 0.25) is 0 Å². The Morgan fingerprint density at radius 1 is 1.08 bits per heavy atom. The normalized spacial score (nSPS) is 12.6. The van der Waals surface area contributed by atoms with E-state index in [9.17, 15) is 31.1 Å². The van der Waals surface area contributed by atoms with Crippen LogP contribution in [0.5, 0.6) is 0 Å². The fourth-order valence-corrected chi connectivity index (χ4v) is 1.79. The number of rotatable bonds is 4. The molecular formula is C15H7F6N3O2. The van der Waals surface area contributed by atoms with Crippen molar-refractivity contribution in [3.8, 4) is 6.07 Å². The molecule has 0 unspecified atom stereocenters. The molecule has 136 valence electrons. The van der Waals surface area contributed by atoms with Gasteiger partial charge in [0, 0.05) is 0 Å². The summed E-state index contributed by atoms with van der Waals surface area (Å²) >= 11 is 0. The standard InChI is InChI=1S/C15H7F6N3O2/c16-14(17,18)8-4-9(15(19,20)21)6-10(5-8)23-24-11(7-22)13(25)12-2-1-3-26-12/h1-6,23H/b24-11+. The van der Waals surface area contributed by atoms with Crippen molar-refractivity contribution < 1.29 is 35.6 Å². The first-order chi connectivity index (χ1) is 12.0. The van der Waals surface area contributed by atoms with Gasteiger partial charge in [-0.15, -0.1) is 0 Å². The van der Waals surface area contributed by atoms with Crippen LogP contribution in [0.3, 0.4) is 0 Å². The minimum Gasteiger partial charge on any atom is -0.461 e. The number of nitriles is 1. The van der Waals surface area contributed by atoms with Gasteiger partial charge >= 0.3 is 12.4 Å². The Kier molecular flexibility index (Phi) is 5.06. The predicted octanol–water partition coefficient (Wildman–Crippen LogP) is 4.49. The largest absolute Gasteiger partial charge is 0.461 e. The van der Waals surface area contributed by atoms with Crippen molar-refractivity contribution in [3.05, 3.63) is 53.5 Å². The molecule has 26 heavy (non-hydrogen) atoms. The maximum Gasteiger partial charge on any atom is 0.416 e. The van der Waals surface area contributed by atoms with Crippen molar-refractivity contribution in [2.24, 2.45) is 5.10 Å². The van der Waals surface area contributed by atoms with Crippen LogP contribution in [-0.2, 0) is 12.4 Å². The summed E-state index contributed by atoms with van der Waals surface area (Å²) < 4.78 is 81.3. The average molecular weight is 375 g/mol. The number of Topliss-reactive ketones (excluding diaryl/α,β-unsaturated/α-hetero) is 1. The minimum absolute atomic E-state index is 0.0614. The molecule has 5 nitrogen and oxygen atoms in total. The molecule has 1 N–H and O–H groups in total. The van der Waals surface area contributed by atoms with Gasteiger partial charge in [-0.3, -0.25) is 10.2 Å². The van der Waals surface area contributed by atoms with Gasteiger partial charge in [0.25, 0.3) is 5.78 Å². The molecule has 1 aromatic heterocycles. The number of benzene rings is 1. The molecule has 2 aromatic rings. The van der Waals surface area contributed by atoms with E-state index in [-0.39, 0.29) is 11.8 Å². The number of anilines is 1. The van der Waals surface area contributed by atoms with E-state index >= 15 is 0 Å². The molecule has 0 aliphatic heterocycles. The Morgan fingerprint density at radius 2 is 1.65 bits per heavy atom. The van der Waals surface area contributed by atoms with E-state index in [4.69, 9.17) is 9.68 Å². The number of nitrogens with zero attached hydrogens (tertiary/aromatic N) is 2. The fourth-order valence-electron chi connectivity index (χ4n) is 1.79. The topological polar surface area (TPSA) is 78.4 Å². The monoisotopic (exact) mass is 375 g/mol. The van der Waals surface area contributed by atoms with Gasteiger partial charge in [0.2, 0.25) is 5.71 Å². The van der Waals surface area contributed by atoms with E-state index in [0.29, 0.717) is 12.1 Å². The Balaban J connectivity index is 2.39. The number of hydrazone groups is 1. The van der Waals surface area contributed by atoms with Gasteiger partial charge in [-0.2, -0.15) is 36.7 Å². The lowest BCUT2D eigenvalue weighted by atomic mass is 10.1. The van der Waals surface area contributed by atoms with E-state index in [1.54, 1.807) is 0 Å². The molecule has 1 aromatic carbocycles. The summed E-state index contributed by atoms with van der Waals surface area (Å²) in [4.78, 5) is 11.9.